The van der Waals surface area contributed by atoms with Crippen LogP contribution in [0.25, 0.3) is 11.0 Å². The molecule has 29 heavy (non-hydrogen) atoms. The molecule has 0 spiro atoms. The third-order valence-corrected chi connectivity index (χ3v) is 5.36. The van der Waals surface area contributed by atoms with Crippen LogP contribution >= 0.6 is 0 Å². The number of fused-ring (bicyclic) bond motifs is 1. The van der Waals surface area contributed by atoms with Crippen molar-refractivity contribution in [1.82, 2.24) is 24.6 Å². The lowest BCUT2D eigenvalue weighted by Gasteiger charge is -2.36. The van der Waals surface area contributed by atoms with E-state index >= 15 is 0 Å². The number of benzene rings is 1. The Hall–Kier alpha value is -3.00. The fraction of sp³-hybridized carbons (Fsp3) is 0.429. The van der Waals surface area contributed by atoms with E-state index in [4.69, 9.17) is 0 Å². The average molecular weight is 393 g/mol. The standard InChI is InChI=1S/C21H27N7O/c1-16(2)28(17-7-5-4-6-8-17)19(29)14-26-9-11-27(12-10-26)21-18-13-24-25(3)20(18)22-15-23-21/h4-8,13,15-16H,9-12,14H2,1-3H3. The highest BCUT2D eigenvalue weighted by Crippen LogP contribution is 2.23. The quantitative estimate of drug-likeness (QED) is 0.660. The molecule has 152 valence electrons. The molecule has 0 radical (unpaired) electrons. The third kappa shape index (κ3) is 3.93. The highest BCUT2D eigenvalue weighted by Gasteiger charge is 2.25. The first-order valence-corrected chi connectivity index (χ1v) is 10.0. The number of amides is 1. The minimum atomic E-state index is 0.117. The number of nitrogens with zero attached hydrogens (tertiary/aromatic N) is 7. The van der Waals surface area contributed by atoms with Gasteiger partial charge in [0.2, 0.25) is 5.91 Å². The molecule has 8 heteroatoms. The van der Waals surface area contributed by atoms with Crippen LogP contribution in [0, 0.1) is 0 Å². The Labute approximate surface area is 170 Å². The Morgan fingerprint density at radius 1 is 1.10 bits per heavy atom. The summed E-state index contributed by atoms with van der Waals surface area (Å²) in [5.74, 6) is 1.05. The van der Waals surface area contributed by atoms with Gasteiger partial charge in [0.15, 0.2) is 5.65 Å². The molecule has 4 rings (SSSR count). The lowest BCUT2D eigenvalue weighted by molar-refractivity contribution is -0.120. The van der Waals surface area contributed by atoms with Crippen molar-refractivity contribution in [3.8, 4) is 0 Å². The van der Waals surface area contributed by atoms with Crippen LogP contribution in [0.15, 0.2) is 42.9 Å². The molecule has 1 amide bonds. The molecule has 0 aliphatic carbocycles. The summed E-state index contributed by atoms with van der Waals surface area (Å²) in [5, 5.41) is 5.26. The fourth-order valence-corrected chi connectivity index (χ4v) is 3.91. The Kier molecular flexibility index (Phi) is 5.44. The van der Waals surface area contributed by atoms with Crippen LogP contribution in [-0.2, 0) is 11.8 Å². The average Bonchev–Trinajstić information content (AvgIpc) is 3.10. The van der Waals surface area contributed by atoms with Gasteiger partial charge in [-0.15, -0.1) is 0 Å². The minimum absolute atomic E-state index is 0.117. The van der Waals surface area contributed by atoms with E-state index in [9.17, 15) is 4.79 Å². The summed E-state index contributed by atoms with van der Waals surface area (Å²) in [6.07, 6.45) is 3.41. The molecule has 1 saturated heterocycles. The number of piperazine rings is 1. The van der Waals surface area contributed by atoms with E-state index < -0.39 is 0 Å². The van der Waals surface area contributed by atoms with Gasteiger partial charge in [0.05, 0.1) is 18.1 Å². The number of rotatable bonds is 5. The van der Waals surface area contributed by atoms with E-state index in [0.29, 0.717) is 6.54 Å². The van der Waals surface area contributed by atoms with Crippen LogP contribution in [0.5, 0.6) is 0 Å². The number of carbonyl (C=O) groups is 1. The monoisotopic (exact) mass is 393 g/mol. The zero-order valence-corrected chi connectivity index (χ0v) is 17.2. The topological polar surface area (TPSA) is 70.4 Å². The van der Waals surface area contributed by atoms with Gasteiger partial charge in [-0.05, 0) is 26.0 Å². The molecule has 2 aromatic heterocycles. The molecular formula is C21H27N7O. The van der Waals surface area contributed by atoms with Crippen molar-refractivity contribution in [2.45, 2.75) is 19.9 Å². The van der Waals surface area contributed by atoms with Gasteiger partial charge in [-0.1, -0.05) is 18.2 Å². The number of aromatic nitrogens is 4. The summed E-state index contributed by atoms with van der Waals surface area (Å²) < 4.78 is 1.76. The lowest BCUT2D eigenvalue weighted by atomic mass is 10.2. The molecule has 1 fully saturated rings. The first-order chi connectivity index (χ1) is 14.0. The van der Waals surface area contributed by atoms with Gasteiger partial charge in [0.25, 0.3) is 0 Å². The van der Waals surface area contributed by atoms with Crippen molar-refractivity contribution >= 4 is 28.4 Å². The molecule has 0 N–H and O–H groups in total. The first kappa shape index (κ1) is 19.3. The van der Waals surface area contributed by atoms with E-state index in [-0.39, 0.29) is 11.9 Å². The summed E-state index contributed by atoms with van der Waals surface area (Å²) in [4.78, 5) is 28.2. The molecule has 0 atom stereocenters. The molecule has 1 aliphatic heterocycles. The summed E-state index contributed by atoms with van der Waals surface area (Å²) in [6, 6.07) is 10.0. The Morgan fingerprint density at radius 3 is 2.52 bits per heavy atom. The van der Waals surface area contributed by atoms with Gasteiger partial charge in [-0.2, -0.15) is 5.10 Å². The molecule has 3 aromatic rings. The maximum atomic E-state index is 13.0. The smallest absolute Gasteiger partial charge is 0.241 e. The van der Waals surface area contributed by atoms with E-state index in [1.54, 1.807) is 11.0 Å². The van der Waals surface area contributed by atoms with Crippen LogP contribution < -0.4 is 9.80 Å². The second-order valence-electron chi connectivity index (χ2n) is 7.66. The van der Waals surface area contributed by atoms with Crippen molar-refractivity contribution in [3.63, 3.8) is 0 Å². The zero-order valence-electron chi connectivity index (χ0n) is 17.2. The van der Waals surface area contributed by atoms with E-state index in [2.05, 4.69) is 38.7 Å². The van der Waals surface area contributed by atoms with Gasteiger partial charge in [-0.3, -0.25) is 14.4 Å². The SMILES string of the molecule is CC(C)N(C(=O)CN1CCN(c2ncnc3c2cnn3C)CC1)c1ccccc1. The first-order valence-electron chi connectivity index (χ1n) is 10.0. The van der Waals surface area contributed by atoms with Crippen LogP contribution in [0.2, 0.25) is 0 Å². The summed E-state index contributed by atoms with van der Waals surface area (Å²) in [7, 11) is 1.88. The molecule has 8 nitrogen and oxygen atoms in total. The Balaban J connectivity index is 1.41. The predicted octanol–water partition coefficient (Wildman–Crippen LogP) is 1.93. The maximum Gasteiger partial charge on any atom is 0.241 e. The van der Waals surface area contributed by atoms with Crippen LogP contribution in [-0.4, -0.2) is 69.3 Å². The molecule has 0 unspecified atom stereocenters. The van der Waals surface area contributed by atoms with E-state index in [0.717, 1.165) is 48.7 Å². The number of hydrogen-bond donors (Lipinski definition) is 0. The summed E-state index contributed by atoms with van der Waals surface area (Å²) in [6.45, 7) is 7.81. The van der Waals surface area contributed by atoms with E-state index in [1.165, 1.54) is 0 Å². The Bertz CT molecular complexity index is 977. The molecule has 3 heterocycles. The second-order valence-corrected chi connectivity index (χ2v) is 7.66. The van der Waals surface area contributed by atoms with Crippen LogP contribution in [0.1, 0.15) is 13.8 Å². The molecular weight excluding hydrogens is 366 g/mol. The minimum Gasteiger partial charge on any atom is -0.353 e. The highest BCUT2D eigenvalue weighted by atomic mass is 16.2. The molecule has 0 saturated carbocycles. The highest BCUT2D eigenvalue weighted by molar-refractivity contribution is 5.95. The van der Waals surface area contributed by atoms with Crippen LogP contribution in [0.4, 0.5) is 11.5 Å². The molecule has 1 aliphatic rings. The zero-order chi connectivity index (χ0) is 20.4. The number of hydrogen-bond acceptors (Lipinski definition) is 6. The normalized spacial score (nSPS) is 15.2. The van der Waals surface area contributed by atoms with Gasteiger partial charge in [-0.25, -0.2) is 9.97 Å². The second kappa shape index (κ2) is 8.16. The maximum absolute atomic E-state index is 13.0. The molecule has 0 bridgehead atoms. The van der Waals surface area contributed by atoms with E-state index in [1.807, 2.05) is 48.5 Å². The number of anilines is 2. The van der Waals surface area contributed by atoms with Gasteiger partial charge < -0.3 is 9.80 Å². The van der Waals surface area contributed by atoms with Gasteiger partial charge >= 0.3 is 0 Å². The Morgan fingerprint density at radius 2 is 1.83 bits per heavy atom. The van der Waals surface area contributed by atoms with Crippen molar-refractivity contribution in [2.75, 3.05) is 42.5 Å². The number of para-hydroxylation sites is 1. The number of carbonyl (C=O) groups excluding carboxylic acids is 1. The van der Waals surface area contributed by atoms with Crippen molar-refractivity contribution in [3.05, 3.63) is 42.9 Å². The predicted molar refractivity (Wildman–Crippen MR) is 114 cm³/mol. The van der Waals surface area contributed by atoms with Gasteiger partial charge in [0, 0.05) is 45.0 Å². The summed E-state index contributed by atoms with van der Waals surface area (Å²) in [5.41, 5.74) is 1.79. The van der Waals surface area contributed by atoms with Crippen LogP contribution in [0.3, 0.4) is 0 Å². The number of aryl methyl sites for hydroxylation is 1. The molecule has 1 aromatic carbocycles. The van der Waals surface area contributed by atoms with Crippen molar-refractivity contribution in [2.24, 2.45) is 7.05 Å². The van der Waals surface area contributed by atoms with Crippen molar-refractivity contribution in [1.29, 1.82) is 0 Å². The van der Waals surface area contributed by atoms with Gasteiger partial charge in [0.1, 0.15) is 12.1 Å². The third-order valence-electron chi connectivity index (χ3n) is 5.36. The largest absolute Gasteiger partial charge is 0.353 e. The fourth-order valence-electron chi connectivity index (χ4n) is 3.91. The van der Waals surface area contributed by atoms with Crippen molar-refractivity contribution < 1.29 is 4.79 Å². The lowest BCUT2D eigenvalue weighted by Crippen LogP contribution is -2.51. The summed E-state index contributed by atoms with van der Waals surface area (Å²) >= 11 is 0.